The highest BCUT2D eigenvalue weighted by Crippen LogP contribution is 2.29. The van der Waals surface area contributed by atoms with Crippen LogP contribution in [0.2, 0.25) is 0 Å². The van der Waals surface area contributed by atoms with Gasteiger partial charge in [0.1, 0.15) is 11.4 Å². The van der Waals surface area contributed by atoms with Crippen LogP contribution >= 0.6 is 0 Å². The van der Waals surface area contributed by atoms with E-state index < -0.39 is 0 Å². The average Bonchev–Trinajstić information content (AvgIpc) is 2.77. The van der Waals surface area contributed by atoms with Gasteiger partial charge in [0.15, 0.2) is 0 Å². The maximum atomic E-state index is 5.18. The lowest BCUT2D eigenvalue weighted by molar-refractivity contribution is 0.415. The van der Waals surface area contributed by atoms with Gasteiger partial charge in [-0.15, -0.1) is 0 Å². The molecule has 0 fully saturated rings. The van der Waals surface area contributed by atoms with Crippen LogP contribution in [0.3, 0.4) is 0 Å². The van der Waals surface area contributed by atoms with E-state index in [-0.39, 0.29) is 0 Å². The molecule has 3 aromatic rings. The topological polar surface area (TPSA) is 27.1 Å². The first-order valence-electron chi connectivity index (χ1n) is 5.84. The maximum Gasteiger partial charge on any atom is 0.140 e. The fraction of sp³-hybridized carbons (Fsp3) is 0.133. The van der Waals surface area contributed by atoms with E-state index in [0.29, 0.717) is 0 Å². The summed E-state index contributed by atoms with van der Waals surface area (Å²) in [6.07, 6.45) is 3.93. The predicted molar refractivity (Wildman–Crippen MR) is 72.7 cm³/mol. The van der Waals surface area contributed by atoms with Gasteiger partial charge < -0.3 is 9.30 Å². The van der Waals surface area contributed by atoms with Crippen molar-refractivity contribution in [3.8, 4) is 16.9 Å². The Labute approximate surface area is 106 Å². The van der Waals surface area contributed by atoms with Gasteiger partial charge in [0.25, 0.3) is 0 Å². The molecule has 0 radical (unpaired) electrons. The van der Waals surface area contributed by atoms with Gasteiger partial charge in [-0.25, -0.2) is 4.98 Å². The van der Waals surface area contributed by atoms with Crippen molar-refractivity contribution in [2.24, 2.45) is 7.05 Å². The van der Waals surface area contributed by atoms with Crippen LogP contribution in [-0.4, -0.2) is 16.7 Å². The molecule has 18 heavy (non-hydrogen) atoms. The maximum absolute atomic E-state index is 5.18. The van der Waals surface area contributed by atoms with E-state index in [0.717, 1.165) is 11.4 Å². The molecular weight excluding hydrogens is 224 g/mol. The second kappa shape index (κ2) is 4.18. The molecule has 2 aromatic heterocycles. The fourth-order valence-corrected chi connectivity index (χ4v) is 2.21. The number of methoxy groups -OCH3 is 1. The molecule has 0 saturated heterocycles. The molecule has 3 nitrogen and oxygen atoms in total. The second-order valence-corrected chi connectivity index (χ2v) is 4.26. The number of pyridine rings is 1. The number of benzene rings is 1. The summed E-state index contributed by atoms with van der Waals surface area (Å²) < 4.78 is 7.23. The highest BCUT2D eigenvalue weighted by atomic mass is 16.5. The van der Waals surface area contributed by atoms with E-state index in [1.807, 2.05) is 31.4 Å². The molecule has 90 valence electrons. The first kappa shape index (κ1) is 10.8. The van der Waals surface area contributed by atoms with Crippen LogP contribution in [0.25, 0.3) is 22.2 Å². The van der Waals surface area contributed by atoms with Crippen molar-refractivity contribution in [3.05, 3.63) is 48.8 Å². The summed E-state index contributed by atoms with van der Waals surface area (Å²) in [6, 6.07) is 12.2. The van der Waals surface area contributed by atoms with E-state index in [1.165, 1.54) is 16.5 Å². The first-order valence-corrected chi connectivity index (χ1v) is 5.84. The van der Waals surface area contributed by atoms with Crippen LogP contribution in [0.4, 0.5) is 0 Å². The third-order valence-electron chi connectivity index (χ3n) is 3.13. The van der Waals surface area contributed by atoms with Crippen molar-refractivity contribution in [1.29, 1.82) is 0 Å². The zero-order valence-corrected chi connectivity index (χ0v) is 10.4. The van der Waals surface area contributed by atoms with Crippen molar-refractivity contribution in [2.45, 2.75) is 0 Å². The van der Waals surface area contributed by atoms with Crippen LogP contribution in [-0.2, 0) is 7.05 Å². The minimum Gasteiger partial charge on any atom is -0.497 e. The van der Waals surface area contributed by atoms with Gasteiger partial charge in [-0.3, -0.25) is 0 Å². The normalized spacial score (nSPS) is 10.8. The summed E-state index contributed by atoms with van der Waals surface area (Å²) in [5, 5.41) is 1.17. The molecule has 0 amide bonds. The molecule has 0 aliphatic carbocycles. The molecule has 0 saturated carbocycles. The van der Waals surface area contributed by atoms with Gasteiger partial charge in [0.2, 0.25) is 0 Å². The molecule has 0 aliphatic heterocycles. The summed E-state index contributed by atoms with van der Waals surface area (Å²) in [6.45, 7) is 0. The number of fused-ring (bicyclic) bond motifs is 1. The Balaban J connectivity index is 2.18. The number of nitrogens with zero attached hydrogens (tertiary/aromatic N) is 2. The Bertz CT molecular complexity index is 683. The molecule has 0 bridgehead atoms. The standard InChI is InChI=1S/C15H14N2O/c1-17-10-14(13-4-3-9-16-15(13)17)11-5-7-12(18-2)8-6-11/h3-10H,1-2H3. The molecule has 3 heteroatoms. The lowest BCUT2D eigenvalue weighted by Crippen LogP contribution is -1.85. The van der Waals surface area contributed by atoms with Gasteiger partial charge >= 0.3 is 0 Å². The SMILES string of the molecule is COc1ccc(-c2cn(C)c3ncccc23)cc1. The van der Waals surface area contributed by atoms with Crippen LogP contribution in [0, 0.1) is 0 Å². The van der Waals surface area contributed by atoms with Gasteiger partial charge in [-0.2, -0.15) is 0 Å². The Kier molecular flexibility index (Phi) is 2.52. The Morgan fingerprint density at radius 3 is 2.61 bits per heavy atom. The number of aromatic nitrogens is 2. The van der Waals surface area contributed by atoms with Gasteiger partial charge in [-0.05, 0) is 29.8 Å². The fourth-order valence-electron chi connectivity index (χ4n) is 2.21. The molecule has 0 unspecified atom stereocenters. The van der Waals surface area contributed by atoms with Crippen LogP contribution in [0.5, 0.6) is 5.75 Å². The Morgan fingerprint density at radius 2 is 1.89 bits per heavy atom. The number of ether oxygens (including phenoxy) is 1. The lowest BCUT2D eigenvalue weighted by atomic mass is 10.1. The van der Waals surface area contributed by atoms with E-state index >= 15 is 0 Å². The summed E-state index contributed by atoms with van der Waals surface area (Å²) in [4.78, 5) is 4.40. The molecule has 0 N–H and O–H groups in total. The first-order chi connectivity index (χ1) is 8.79. The minimum absolute atomic E-state index is 0.872. The Hall–Kier alpha value is -2.29. The van der Waals surface area contributed by atoms with Crippen LogP contribution < -0.4 is 4.74 Å². The number of hydrogen-bond donors (Lipinski definition) is 0. The minimum atomic E-state index is 0.872. The average molecular weight is 238 g/mol. The molecule has 0 spiro atoms. The smallest absolute Gasteiger partial charge is 0.140 e. The van der Waals surface area contributed by atoms with Gasteiger partial charge in [0, 0.05) is 30.4 Å². The lowest BCUT2D eigenvalue weighted by Gasteiger charge is -2.02. The zero-order chi connectivity index (χ0) is 12.5. The third kappa shape index (κ3) is 1.64. The summed E-state index contributed by atoms with van der Waals surface area (Å²) in [7, 11) is 3.69. The summed E-state index contributed by atoms with van der Waals surface area (Å²) >= 11 is 0. The van der Waals surface area contributed by atoms with Crippen LogP contribution in [0.1, 0.15) is 0 Å². The molecular formula is C15H14N2O. The second-order valence-electron chi connectivity index (χ2n) is 4.26. The predicted octanol–water partition coefficient (Wildman–Crippen LogP) is 3.25. The highest BCUT2D eigenvalue weighted by molar-refractivity contribution is 5.94. The molecule has 3 rings (SSSR count). The van der Waals surface area contributed by atoms with E-state index in [1.54, 1.807) is 7.11 Å². The van der Waals surface area contributed by atoms with Gasteiger partial charge in [-0.1, -0.05) is 12.1 Å². The van der Waals surface area contributed by atoms with E-state index in [2.05, 4.69) is 33.9 Å². The highest BCUT2D eigenvalue weighted by Gasteiger charge is 2.08. The molecule has 2 heterocycles. The molecule has 1 aromatic carbocycles. The Morgan fingerprint density at radius 1 is 1.11 bits per heavy atom. The van der Waals surface area contributed by atoms with Crippen molar-refractivity contribution >= 4 is 11.0 Å². The van der Waals surface area contributed by atoms with Crippen molar-refractivity contribution in [3.63, 3.8) is 0 Å². The van der Waals surface area contributed by atoms with Crippen molar-refractivity contribution in [1.82, 2.24) is 9.55 Å². The van der Waals surface area contributed by atoms with Gasteiger partial charge in [0.05, 0.1) is 7.11 Å². The number of rotatable bonds is 2. The zero-order valence-electron chi connectivity index (χ0n) is 10.4. The van der Waals surface area contributed by atoms with E-state index in [4.69, 9.17) is 4.74 Å². The van der Waals surface area contributed by atoms with Crippen molar-refractivity contribution in [2.75, 3.05) is 7.11 Å². The summed E-state index contributed by atoms with van der Waals surface area (Å²) in [5.41, 5.74) is 3.38. The van der Waals surface area contributed by atoms with Crippen LogP contribution in [0.15, 0.2) is 48.8 Å². The molecule has 0 aliphatic rings. The van der Waals surface area contributed by atoms with E-state index in [9.17, 15) is 0 Å². The molecule has 0 atom stereocenters. The largest absolute Gasteiger partial charge is 0.497 e. The monoisotopic (exact) mass is 238 g/mol. The number of aryl methyl sites for hydroxylation is 1. The van der Waals surface area contributed by atoms with Crippen molar-refractivity contribution < 1.29 is 4.74 Å². The quantitative estimate of drug-likeness (QED) is 0.685. The summed E-state index contributed by atoms with van der Waals surface area (Å²) in [5.74, 6) is 0.872. The number of hydrogen-bond acceptors (Lipinski definition) is 2. The third-order valence-corrected chi connectivity index (χ3v) is 3.13.